The Morgan fingerprint density at radius 1 is 1.27 bits per heavy atom. The number of nitrogen functional groups attached to an aromatic ring is 1. The summed E-state index contributed by atoms with van der Waals surface area (Å²) in [4.78, 5) is 2.14. The second-order valence-corrected chi connectivity index (χ2v) is 3.36. The number of hydrogen-bond acceptors (Lipinski definition) is 2. The fourth-order valence-corrected chi connectivity index (χ4v) is 1.66. The molecule has 0 saturated carbocycles. The first-order valence-electron chi connectivity index (χ1n) is 4.70. The standard InChI is InChI=1S/C10H13FN3.Ac/c11-8-1-2-10(9(12)7-8)14-5-3-13-4-6-14;/h1-2,7H,3-6,12H2;/q-1;. The molecule has 1 aliphatic rings. The Labute approximate surface area is 125 Å². The van der Waals surface area contributed by atoms with E-state index in [1.807, 2.05) is 0 Å². The van der Waals surface area contributed by atoms with E-state index in [1.165, 1.54) is 12.1 Å². The first-order chi connectivity index (χ1) is 6.77. The van der Waals surface area contributed by atoms with Gasteiger partial charge in [-0.25, -0.2) is 4.39 Å². The molecule has 1 fully saturated rings. The minimum absolute atomic E-state index is 0. The van der Waals surface area contributed by atoms with Crippen molar-refractivity contribution in [2.75, 3.05) is 36.8 Å². The summed E-state index contributed by atoms with van der Waals surface area (Å²) in [5.41, 5.74) is 7.16. The molecule has 1 aliphatic heterocycles. The van der Waals surface area contributed by atoms with Crippen molar-refractivity contribution in [2.45, 2.75) is 0 Å². The van der Waals surface area contributed by atoms with Crippen LogP contribution >= 0.6 is 0 Å². The van der Waals surface area contributed by atoms with E-state index in [4.69, 9.17) is 5.73 Å². The predicted molar refractivity (Wildman–Crippen MR) is 56.1 cm³/mol. The number of piperazine rings is 1. The molecule has 0 aliphatic carbocycles. The zero-order valence-electron chi connectivity index (χ0n) is 8.49. The molecule has 1 saturated heterocycles. The molecule has 5 heteroatoms. The summed E-state index contributed by atoms with van der Waals surface area (Å²) in [5.74, 6) is -0.284. The van der Waals surface area contributed by atoms with Crippen molar-refractivity contribution in [3.05, 3.63) is 29.3 Å². The Morgan fingerprint density at radius 3 is 2.53 bits per heavy atom. The van der Waals surface area contributed by atoms with E-state index >= 15 is 0 Å². The van der Waals surface area contributed by atoms with Gasteiger partial charge in [-0.05, 0) is 31.3 Å². The van der Waals surface area contributed by atoms with Crippen molar-refractivity contribution in [1.29, 1.82) is 0 Å². The zero-order valence-corrected chi connectivity index (χ0v) is 13.2. The van der Waals surface area contributed by atoms with Crippen LogP contribution in [0, 0.1) is 49.9 Å². The van der Waals surface area contributed by atoms with Gasteiger partial charge in [0.15, 0.2) is 0 Å². The van der Waals surface area contributed by atoms with Gasteiger partial charge in [0.25, 0.3) is 0 Å². The maximum atomic E-state index is 12.8. The van der Waals surface area contributed by atoms with Crippen LogP contribution in [0.1, 0.15) is 0 Å². The van der Waals surface area contributed by atoms with E-state index in [-0.39, 0.29) is 49.9 Å². The van der Waals surface area contributed by atoms with Gasteiger partial charge in [0.1, 0.15) is 5.82 Å². The summed E-state index contributed by atoms with van der Waals surface area (Å²) < 4.78 is 12.8. The van der Waals surface area contributed by atoms with Gasteiger partial charge >= 0.3 is 0 Å². The van der Waals surface area contributed by atoms with Crippen molar-refractivity contribution >= 4 is 11.4 Å². The van der Waals surface area contributed by atoms with Crippen molar-refractivity contribution < 1.29 is 48.5 Å². The normalized spacial score (nSPS) is 15.9. The van der Waals surface area contributed by atoms with E-state index in [0.29, 0.717) is 5.69 Å². The first-order valence-corrected chi connectivity index (χ1v) is 4.70. The van der Waals surface area contributed by atoms with E-state index in [9.17, 15) is 4.39 Å². The summed E-state index contributed by atoms with van der Waals surface area (Å²) >= 11 is 0. The van der Waals surface area contributed by atoms with Gasteiger partial charge in [-0.3, -0.25) is 0 Å². The average Bonchev–Trinajstić information content (AvgIpc) is 2.19. The third-order valence-corrected chi connectivity index (χ3v) is 2.39. The minimum Gasteiger partial charge on any atom is -0.659 e. The minimum atomic E-state index is -0.284. The molecule has 0 atom stereocenters. The van der Waals surface area contributed by atoms with Gasteiger partial charge in [0.2, 0.25) is 0 Å². The van der Waals surface area contributed by atoms with Gasteiger partial charge in [0.05, 0.1) is 11.4 Å². The van der Waals surface area contributed by atoms with Crippen LogP contribution in [-0.2, 0) is 0 Å². The number of hydrogen-bond donors (Lipinski definition) is 1. The summed E-state index contributed by atoms with van der Waals surface area (Å²) in [6.45, 7) is 3.40. The second kappa shape index (κ2) is 6.03. The fourth-order valence-electron chi connectivity index (χ4n) is 1.66. The zero-order chi connectivity index (χ0) is 9.97. The molecule has 0 bridgehead atoms. The molecule has 0 spiro atoms. The molecule has 2 rings (SSSR count). The van der Waals surface area contributed by atoms with Crippen LogP contribution in [0.15, 0.2) is 18.2 Å². The molecular formula is C10H13AcFN3-. The number of anilines is 2. The average molecular weight is 421 g/mol. The Balaban J connectivity index is 0.00000112. The Bertz CT molecular complexity index is 326. The van der Waals surface area contributed by atoms with Crippen molar-refractivity contribution in [1.82, 2.24) is 0 Å². The van der Waals surface area contributed by atoms with Gasteiger partial charge in [0, 0.05) is 44.1 Å². The molecule has 0 unspecified atom stereocenters. The summed E-state index contributed by atoms with van der Waals surface area (Å²) in [6, 6.07) is 4.54. The van der Waals surface area contributed by atoms with Gasteiger partial charge in [-0.1, -0.05) is 0 Å². The molecular weight excluding hydrogens is 408 g/mol. The summed E-state index contributed by atoms with van der Waals surface area (Å²) in [5, 5.41) is 4.24. The molecule has 1 heterocycles. The Morgan fingerprint density at radius 2 is 1.93 bits per heavy atom. The maximum Gasteiger partial charge on any atom is 0.125 e. The molecule has 0 aromatic heterocycles. The quantitative estimate of drug-likeness (QED) is 0.701. The molecule has 1 aromatic rings. The number of nitrogens with zero attached hydrogens (tertiary/aromatic N) is 2. The first kappa shape index (κ1) is 13.2. The maximum absolute atomic E-state index is 12.8. The van der Waals surface area contributed by atoms with Crippen LogP contribution < -0.4 is 10.6 Å². The molecule has 79 valence electrons. The molecule has 2 N–H and O–H groups in total. The van der Waals surface area contributed by atoms with E-state index < -0.39 is 0 Å². The third kappa shape index (κ3) is 3.30. The van der Waals surface area contributed by atoms with Crippen molar-refractivity contribution in [2.24, 2.45) is 0 Å². The monoisotopic (exact) mass is 421 g/mol. The largest absolute Gasteiger partial charge is 0.659 e. The Kier molecular flexibility index (Phi) is 5.31. The summed E-state index contributed by atoms with van der Waals surface area (Å²) in [6.07, 6.45) is 0. The molecule has 0 amide bonds. The van der Waals surface area contributed by atoms with Crippen LogP contribution in [-0.4, -0.2) is 26.2 Å². The van der Waals surface area contributed by atoms with Gasteiger partial charge < -0.3 is 16.0 Å². The van der Waals surface area contributed by atoms with Crippen LogP contribution in [0.25, 0.3) is 5.32 Å². The Hall–Kier alpha value is 0.152. The van der Waals surface area contributed by atoms with Crippen molar-refractivity contribution in [3.8, 4) is 0 Å². The van der Waals surface area contributed by atoms with E-state index in [1.54, 1.807) is 6.07 Å². The second-order valence-electron chi connectivity index (χ2n) is 3.36. The number of halogens is 1. The third-order valence-electron chi connectivity index (χ3n) is 2.39. The van der Waals surface area contributed by atoms with Crippen LogP contribution in [0.5, 0.6) is 0 Å². The molecule has 3 nitrogen and oxygen atoms in total. The van der Waals surface area contributed by atoms with Gasteiger partial charge in [-0.15, -0.1) is 13.1 Å². The SMILES string of the molecule is Nc1cc(F)ccc1N1CC[N-]CC1.[Ac]. The van der Waals surface area contributed by atoms with Crippen LogP contribution in [0.3, 0.4) is 0 Å². The molecule has 1 radical (unpaired) electrons. The van der Waals surface area contributed by atoms with Gasteiger partial charge in [-0.2, -0.15) is 0 Å². The molecule has 15 heavy (non-hydrogen) atoms. The number of nitrogens with two attached hydrogens (primary N) is 1. The molecule has 1 aromatic carbocycles. The number of rotatable bonds is 1. The smallest absolute Gasteiger partial charge is 0.125 e. The number of benzene rings is 1. The fraction of sp³-hybridized carbons (Fsp3) is 0.400. The van der Waals surface area contributed by atoms with E-state index in [2.05, 4.69) is 10.2 Å². The topological polar surface area (TPSA) is 43.4 Å². The van der Waals surface area contributed by atoms with Crippen LogP contribution in [0.2, 0.25) is 0 Å². The van der Waals surface area contributed by atoms with Crippen LogP contribution in [0.4, 0.5) is 15.8 Å². The predicted octanol–water partition coefficient (Wildman–Crippen LogP) is 1.60. The van der Waals surface area contributed by atoms with E-state index in [0.717, 1.165) is 31.9 Å². The van der Waals surface area contributed by atoms with Crippen molar-refractivity contribution in [3.63, 3.8) is 0 Å². The summed E-state index contributed by atoms with van der Waals surface area (Å²) in [7, 11) is 0.